The fraction of sp³-hybridized carbons (Fsp3) is 0.375. The molecule has 3 fully saturated rings. The number of ether oxygens (including phenoxy) is 3. The molecule has 6 aliphatic rings. The fourth-order valence-corrected chi connectivity index (χ4v) is 19.2. The van der Waals surface area contributed by atoms with E-state index < -0.39 is 53.8 Å². The molecule has 9 nitrogen and oxygen atoms in total. The van der Waals surface area contributed by atoms with Crippen LogP contribution in [-0.4, -0.2) is 36.0 Å². The Bertz CT molecular complexity index is 4450. The average Bonchev–Trinajstić information content (AvgIpc) is 1.75. The van der Waals surface area contributed by atoms with Crippen molar-refractivity contribution in [3.8, 4) is 17.2 Å². The minimum Gasteiger partial charge on any atom is -0.427 e. The number of hydrogen-bond donors (Lipinski definition) is 3. The third kappa shape index (κ3) is 20.7. The van der Waals surface area contributed by atoms with Gasteiger partial charge in [0.15, 0.2) is 0 Å². The largest absolute Gasteiger partial charge is 0.427 e. The van der Waals surface area contributed by atoms with E-state index in [9.17, 15) is 45.1 Å². The zero-order valence-electron chi connectivity index (χ0n) is 59.9. The summed E-state index contributed by atoms with van der Waals surface area (Å²) in [4.78, 5) is 45.3. The minimum absolute atomic E-state index is 0. The van der Waals surface area contributed by atoms with E-state index in [1.165, 1.54) is 113 Å². The highest BCUT2D eigenvalue weighted by atomic mass is 32.1. The molecule has 0 radical (unpaired) electrons. The van der Waals surface area contributed by atoms with Gasteiger partial charge in [0.2, 0.25) is 0 Å². The zero-order chi connectivity index (χ0) is 74.2. The molecule has 562 valence electrons. The Morgan fingerprint density at radius 3 is 1.15 bits per heavy atom. The molecule has 0 spiro atoms. The Hall–Kier alpha value is -8.30. The maximum Gasteiger partial charge on any atom is 0.416 e. The van der Waals surface area contributed by atoms with Gasteiger partial charge in [-0.3, -0.25) is 4.79 Å². The lowest BCUT2D eigenvalue weighted by molar-refractivity contribution is -0.142. The standard InChI is InChI=1S/C30H29F6NO2S.C29H31NO2S.C28H28FNO2S.CH4/c1-17-2-9-25(40-17)16-37-28-20-3-4-21(28)13-22-15-24(8-5-18(22)12-20)39-27(38)11-6-19-14-23(29(31,32)33)7-10-26(19)30(34,35)36;1-19-3-6-21(7-4-19)8-14-28(31)32-26-12-11-22-15-23-9-10-24(16-25(22)17-26)29(23)30-18-27-13-5-20(2)33-27;1-18-2-12-26(33-18)17-30-28-21-6-7-22(28)15-23-16-25(11-8-20(23)14-21)32-27(31)13-5-19-3-9-24(29)10-4-19;/h2,5,7-10,14-15,20-21,28,37H,3-4,6,11-13,16H2,1H3;3-8,11-14,17,23-24,29-30H,9-10,15-16,18H2,1-2H3;2-5,8-13,16,21-22,28,30H,6-7,14-15,17H2,1H3;1H4/b;14-8+;13-5+;/t20-,21+,28+;23-,24+,29+;21-,22+,28+;/m000./s1. The minimum atomic E-state index is -4.84. The zero-order valence-corrected chi connectivity index (χ0v) is 62.3. The highest BCUT2D eigenvalue weighted by molar-refractivity contribution is 7.12. The topological polar surface area (TPSA) is 115 Å². The first-order valence-electron chi connectivity index (χ1n) is 36.7. The van der Waals surface area contributed by atoms with Gasteiger partial charge in [-0.1, -0.05) is 67.6 Å². The molecule has 3 N–H and O–H groups in total. The van der Waals surface area contributed by atoms with Gasteiger partial charge in [-0.2, -0.15) is 26.3 Å². The molecule has 3 heterocycles. The van der Waals surface area contributed by atoms with Crippen molar-refractivity contribution in [2.24, 2.45) is 35.5 Å². The molecule has 9 atom stereocenters. The summed E-state index contributed by atoms with van der Waals surface area (Å²) < 4.78 is 109. The van der Waals surface area contributed by atoms with Crippen molar-refractivity contribution >= 4 is 64.1 Å². The second-order valence-electron chi connectivity index (χ2n) is 29.4. The Morgan fingerprint density at radius 2 is 0.794 bits per heavy atom. The Labute approximate surface area is 635 Å². The lowest BCUT2D eigenvalue weighted by atomic mass is 9.93. The molecule has 15 rings (SSSR count). The molecule has 6 bridgehead atoms. The fourth-order valence-electron chi connectivity index (χ4n) is 16.7. The van der Waals surface area contributed by atoms with Gasteiger partial charge in [0.05, 0.1) is 11.1 Å². The summed E-state index contributed by atoms with van der Waals surface area (Å²) in [6, 6.07) is 47.7. The van der Waals surface area contributed by atoms with E-state index >= 15 is 0 Å². The first kappa shape index (κ1) is 78.3. The molecular weight excluding hydrogens is 1420 g/mol. The number of fused-ring (bicyclic) bond motifs is 9. The third-order valence-corrected chi connectivity index (χ3v) is 24.9. The molecular formula is C88H92F7N3O6S3. The third-order valence-electron chi connectivity index (χ3n) is 21.9. The Balaban J connectivity index is 0.000000150. The van der Waals surface area contributed by atoms with Crippen molar-refractivity contribution in [3.05, 3.63) is 272 Å². The summed E-state index contributed by atoms with van der Waals surface area (Å²) in [5.74, 6) is 3.20. The number of halogens is 7. The van der Waals surface area contributed by atoms with Crippen LogP contribution in [0, 0.1) is 69.0 Å². The smallest absolute Gasteiger partial charge is 0.416 e. The van der Waals surface area contributed by atoms with E-state index in [-0.39, 0.29) is 19.2 Å². The van der Waals surface area contributed by atoms with Crippen molar-refractivity contribution in [1.29, 1.82) is 0 Å². The first-order valence-corrected chi connectivity index (χ1v) is 39.2. The van der Waals surface area contributed by atoms with Crippen LogP contribution in [0.15, 0.2) is 170 Å². The van der Waals surface area contributed by atoms with Crippen molar-refractivity contribution in [2.45, 2.75) is 175 Å². The number of alkyl halides is 6. The number of nitrogens with one attached hydrogen (secondary N) is 3. The molecule has 6 aromatic carbocycles. The summed E-state index contributed by atoms with van der Waals surface area (Å²) in [6.45, 7) is 11.2. The van der Waals surface area contributed by atoms with Crippen LogP contribution in [0.4, 0.5) is 30.7 Å². The van der Waals surface area contributed by atoms with Crippen LogP contribution in [-0.2, 0) is 91.3 Å². The van der Waals surface area contributed by atoms with Gasteiger partial charge < -0.3 is 30.2 Å². The average molecular weight is 1520 g/mol. The van der Waals surface area contributed by atoms with Crippen LogP contribution in [0.3, 0.4) is 0 Å². The van der Waals surface area contributed by atoms with E-state index in [1.807, 2.05) is 77.3 Å². The molecule has 3 saturated carbocycles. The van der Waals surface area contributed by atoms with Gasteiger partial charge in [-0.05, 0) is 312 Å². The second kappa shape index (κ2) is 34.9. The molecule has 3 aromatic heterocycles. The number of aryl methyl sites for hydroxylation is 5. The lowest BCUT2D eigenvalue weighted by Crippen LogP contribution is -2.37. The molecule has 6 aliphatic carbocycles. The summed E-state index contributed by atoms with van der Waals surface area (Å²) in [7, 11) is 0. The van der Waals surface area contributed by atoms with Gasteiger partial charge in [0.1, 0.15) is 23.1 Å². The van der Waals surface area contributed by atoms with E-state index in [2.05, 4.69) is 98.2 Å². The molecule has 19 heteroatoms. The summed E-state index contributed by atoms with van der Waals surface area (Å²) >= 11 is 5.54. The number of esters is 3. The van der Waals surface area contributed by atoms with Crippen LogP contribution < -0.4 is 30.2 Å². The van der Waals surface area contributed by atoms with E-state index in [0.29, 0.717) is 89.1 Å². The molecule has 0 amide bonds. The molecule has 0 saturated heterocycles. The highest BCUT2D eigenvalue weighted by Gasteiger charge is 2.43. The second-order valence-corrected chi connectivity index (χ2v) is 33.5. The van der Waals surface area contributed by atoms with Crippen LogP contribution in [0.1, 0.15) is 148 Å². The summed E-state index contributed by atoms with van der Waals surface area (Å²) in [6.07, 6.45) is 9.02. The SMILES string of the molecule is C.Cc1ccc(/C=C/C(=O)Oc2ccc3c(c2)C[C@H]2CC[C@@H](C3)[C@H]2NCc2ccc(C)s2)cc1.Cc1ccc(CN[C@H]2[C@@H]3CC[C@H]2Cc2ccc(OC(=O)/C=C/c4ccc(F)cc4)cc2C3)s1.Cc1ccc(CN[C@H]2[C@@H]3CC[C@H]2Cc2ccc(OC(=O)CCc4cc(C(F)(F)F)ccc4C(F)(F)F)cc2C3)s1. The summed E-state index contributed by atoms with van der Waals surface area (Å²) in [5, 5.41) is 11.5. The van der Waals surface area contributed by atoms with Crippen LogP contribution in [0.25, 0.3) is 12.2 Å². The Morgan fingerprint density at radius 1 is 0.430 bits per heavy atom. The quantitative estimate of drug-likeness (QED) is 0.0315. The molecule has 107 heavy (non-hydrogen) atoms. The van der Waals surface area contributed by atoms with Gasteiger partial charge >= 0.3 is 30.3 Å². The van der Waals surface area contributed by atoms with E-state index in [1.54, 1.807) is 41.7 Å². The molecule has 0 aliphatic heterocycles. The highest BCUT2D eigenvalue weighted by Crippen LogP contribution is 2.45. The van der Waals surface area contributed by atoms with Gasteiger partial charge in [0, 0.05) is 85.6 Å². The normalized spacial score (nSPS) is 21.1. The van der Waals surface area contributed by atoms with Crippen LogP contribution in [0.5, 0.6) is 17.2 Å². The van der Waals surface area contributed by atoms with Gasteiger partial charge in [-0.15, -0.1) is 34.0 Å². The molecule has 9 aromatic rings. The maximum atomic E-state index is 13.4. The predicted octanol–water partition coefficient (Wildman–Crippen LogP) is 20.9. The van der Waals surface area contributed by atoms with Crippen molar-refractivity contribution in [2.75, 3.05) is 0 Å². The predicted molar refractivity (Wildman–Crippen MR) is 413 cm³/mol. The summed E-state index contributed by atoms with van der Waals surface area (Å²) in [5.41, 5.74) is 7.70. The van der Waals surface area contributed by atoms with Crippen LogP contribution in [0.2, 0.25) is 0 Å². The first-order chi connectivity index (χ1) is 50.9. The van der Waals surface area contributed by atoms with Gasteiger partial charge in [-0.25, -0.2) is 14.0 Å². The van der Waals surface area contributed by atoms with E-state index in [4.69, 9.17) is 14.2 Å². The maximum absolute atomic E-state index is 13.4. The van der Waals surface area contributed by atoms with Crippen LogP contribution >= 0.6 is 34.0 Å². The van der Waals surface area contributed by atoms with Crippen molar-refractivity contribution in [3.63, 3.8) is 0 Å². The number of thiophene rings is 3. The number of rotatable bonds is 19. The number of hydrogen-bond acceptors (Lipinski definition) is 12. The van der Waals surface area contributed by atoms with Crippen molar-refractivity contribution < 1.29 is 59.3 Å². The van der Waals surface area contributed by atoms with E-state index in [0.717, 1.165) is 87.7 Å². The van der Waals surface area contributed by atoms with Crippen molar-refractivity contribution in [1.82, 2.24) is 16.0 Å². The number of carbonyl (C=O) groups excluding carboxylic acids is 3. The Kier molecular flexibility index (Phi) is 25.6. The number of benzene rings is 6. The molecule has 0 unspecified atom stereocenters. The van der Waals surface area contributed by atoms with Gasteiger partial charge in [0.25, 0.3) is 0 Å². The number of carbonyl (C=O) groups is 3. The monoisotopic (exact) mass is 1520 g/mol. The lowest BCUT2D eigenvalue weighted by Gasteiger charge is -2.23.